The van der Waals surface area contributed by atoms with Crippen LogP contribution < -0.4 is 9.06 Å². The number of hydrogen-bond acceptors (Lipinski definition) is 4. The first-order valence-corrected chi connectivity index (χ1v) is 12.8. The Balaban J connectivity index is 1.71. The second kappa shape index (κ2) is 6.26. The van der Waals surface area contributed by atoms with Gasteiger partial charge in [-0.15, -0.1) is 15.5 Å². The molecule has 0 amide bonds. The van der Waals surface area contributed by atoms with Gasteiger partial charge in [-0.2, -0.15) is 0 Å². The summed E-state index contributed by atoms with van der Waals surface area (Å²) in [6, 6.07) is 24.1. The van der Waals surface area contributed by atoms with Crippen LogP contribution in [-0.2, 0) is 0 Å². The van der Waals surface area contributed by atoms with Gasteiger partial charge in [-0.05, 0) is 30.3 Å². The second-order valence-corrected chi connectivity index (χ2v) is 11.0. The van der Waals surface area contributed by atoms with Crippen molar-refractivity contribution in [2.75, 3.05) is 4.90 Å². The molecular weight excluding hydrogens is 425 g/mol. The molecule has 3 aromatic carbocycles. The fraction of sp³-hybridized carbons (Fsp3) is 0. The van der Waals surface area contributed by atoms with E-state index in [9.17, 15) is 0 Å². The number of aromatic nitrogens is 2. The molecule has 6 heteroatoms. The Morgan fingerprint density at radius 3 is 2.57 bits per heavy atom. The number of hydrogen-bond donors (Lipinski definition) is 0. The molecule has 1 aliphatic rings. The van der Waals surface area contributed by atoms with Crippen molar-refractivity contribution < 1.29 is 4.16 Å². The average molecular weight is 441 g/mol. The molecule has 0 spiro atoms. The van der Waals surface area contributed by atoms with Gasteiger partial charge in [0, 0.05) is 22.8 Å². The molecule has 142 valence electrons. The van der Waals surface area contributed by atoms with Crippen LogP contribution in [0.1, 0.15) is 0 Å². The van der Waals surface area contributed by atoms with E-state index in [0.717, 1.165) is 5.01 Å². The van der Waals surface area contributed by atoms with E-state index in [1.807, 2.05) is 17.5 Å². The van der Waals surface area contributed by atoms with Crippen molar-refractivity contribution in [2.45, 2.75) is 0 Å². The smallest absolute Gasteiger partial charge is 0.277 e. The fourth-order valence-electron chi connectivity index (χ4n) is 4.50. The topological polar surface area (TPSA) is 20.2 Å². The van der Waals surface area contributed by atoms with Gasteiger partial charge < -0.3 is 4.90 Å². The van der Waals surface area contributed by atoms with Crippen LogP contribution in [0.25, 0.3) is 31.2 Å². The van der Waals surface area contributed by atoms with Gasteiger partial charge in [-0.25, -0.2) is 4.98 Å². The first-order chi connectivity index (χ1) is 14.9. The maximum atomic E-state index is 4.68. The van der Waals surface area contributed by atoms with Crippen LogP contribution in [0.3, 0.4) is 0 Å². The molecule has 3 nitrogen and oxygen atoms in total. The van der Waals surface area contributed by atoms with Crippen LogP contribution in [0.5, 0.6) is 0 Å². The summed E-state index contributed by atoms with van der Waals surface area (Å²) in [6.07, 6.45) is 4.16. The summed E-state index contributed by atoms with van der Waals surface area (Å²) in [5.41, 5.74) is 5.00. The van der Waals surface area contributed by atoms with Gasteiger partial charge in [0.05, 0.1) is 32.6 Å². The molecule has 0 N–H and O–H groups in total. The summed E-state index contributed by atoms with van der Waals surface area (Å²) in [5, 5.41) is 9.59. The predicted molar refractivity (Wildman–Crippen MR) is 128 cm³/mol. The quantitative estimate of drug-likeness (QED) is 0.277. The third kappa shape index (κ3) is 2.15. The summed E-state index contributed by atoms with van der Waals surface area (Å²) in [5.74, 6) is 0. The molecule has 0 saturated carbocycles. The Labute approximate surface area is 182 Å². The van der Waals surface area contributed by atoms with Crippen molar-refractivity contribution in [3.8, 4) is 15.9 Å². The normalized spacial score (nSPS) is 13.2. The van der Waals surface area contributed by atoms with Crippen molar-refractivity contribution in [1.82, 2.24) is 4.98 Å². The first-order valence-electron chi connectivity index (χ1n) is 9.73. The molecule has 1 aliphatic heterocycles. The van der Waals surface area contributed by atoms with Crippen molar-refractivity contribution in [2.24, 2.45) is 0 Å². The van der Waals surface area contributed by atoms with Gasteiger partial charge >= 0.3 is 0 Å². The third-order valence-electron chi connectivity index (χ3n) is 5.65. The maximum Gasteiger partial charge on any atom is 0.277 e. The molecule has 0 bridgehead atoms. The summed E-state index contributed by atoms with van der Waals surface area (Å²) in [7, 11) is -0.678. The fourth-order valence-corrected chi connectivity index (χ4v) is 9.32. The highest BCUT2D eigenvalue weighted by molar-refractivity contribution is 7.58. The van der Waals surface area contributed by atoms with E-state index in [4.69, 9.17) is 0 Å². The number of para-hydroxylation sites is 1. The molecule has 6 aromatic rings. The van der Waals surface area contributed by atoms with Gasteiger partial charge in [0.1, 0.15) is 5.01 Å². The number of fused-ring (bicyclic) bond motifs is 5. The summed E-state index contributed by atoms with van der Waals surface area (Å²) < 4.78 is 2.51. The zero-order valence-corrected chi connectivity index (χ0v) is 18.3. The number of anilines is 3. The summed E-state index contributed by atoms with van der Waals surface area (Å²) >= 11 is 3.55. The third-order valence-corrected chi connectivity index (χ3v) is 10.0. The lowest BCUT2D eigenvalue weighted by Crippen LogP contribution is -2.17. The van der Waals surface area contributed by atoms with Crippen molar-refractivity contribution in [1.29, 1.82) is 0 Å². The van der Waals surface area contributed by atoms with Crippen LogP contribution in [-0.4, -0.2) is 4.98 Å². The Bertz CT molecular complexity index is 1550. The minimum atomic E-state index is -0.678. The van der Waals surface area contributed by atoms with Crippen LogP contribution in [0.2, 0.25) is 0 Å². The van der Waals surface area contributed by atoms with Gasteiger partial charge in [0.25, 0.3) is 4.83 Å². The molecule has 30 heavy (non-hydrogen) atoms. The zero-order chi connectivity index (χ0) is 19.7. The molecule has 0 aliphatic carbocycles. The van der Waals surface area contributed by atoms with E-state index in [-0.39, 0.29) is 0 Å². The Hall–Kier alpha value is -2.98. The number of thiazole rings is 2. The lowest BCUT2D eigenvalue weighted by molar-refractivity contribution is -0.426. The summed E-state index contributed by atoms with van der Waals surface area (Å²) in [4.78, 5) is 8.47. The van der Waals surface area contributed by atoms with Crippen LogP contribution >= 0.6 is 30.4 Å². The number of benzene rings is 3. The maximum absolute atomic E-state index is 4.68. The number of nitrogens with zero attached hydrogens (tertiary/aromatic N) is 3. The van der Waals surface area contributed by atoms with Gasteiger partial charge in [-0.3, -0.25) is 0 Å². The predicted octanol–water partition coefficient (Wildman–Crippen LogP) is 7.52. The largest absolute Gasteiger partial charge is 0.308 e. The minimum absolute atomic E-state index is 0.678. The molecule has 0 radical (unpaired) electrons. The highest BCUT2D eigenvalue weighted by Crippen LogP contribution is 2.62. The molecule has 0 saturated heterocycles. The monoisotopic (exact) mass is 440 g/mol. The Morgan fingerprint density at radius 2 is 1.70 bits per heavy atom. The zero-order valence-electron chi connectivity index (χ0n) is 15.8. The lowest BCUT2D eigenvalue weighted by Gasteiger charge is -2.31. The Kier molecular flexibility index (Phi) is 3.50. The van der Waals surface area contributed by atoms with E-state index in [1.54, 1.807) is 11.3 Å². The van der Waals surface area contributed by atoms with Crippen molar-refractivity contribution >= 4 is 62.8 Å². The van der Waals surface area contributed by atoms with Crippen molar-refractivity contribution in [3.63, 3.8) is 0 Å². The molecule has 4 heterocycles. The molecule has 3 aromatic heterocycles. The second-order valence-electron chi connectivity index (χ2n) is 7.22. The lowest BCUT2D eigenvalue weighted by atomic mass is 10.1. The van der Waals surface area contributed by atoms with Gasteiger partial charge in [-0.1, -0.05) is 47.7 Å². The van der Waals surface area contributed by atoms with Crippen molar-refractivity contribution in [3.05, 3.63) is 89.9 Å². The van der Waals surface area contributed by atoms with E-state index in [1.165, 1.54) is 43.3 Å². The van der Waals surface area contributed by atoms with Gasteiger partial charge in [0.2, 0.25) is 0 Å². The van der Waals surface area contributed by atoms with Crippen LogP contribution in [0, 0.1) is 0 Å². The minimum Gasteiger partial charge on any atom is -0.308 e. The Morgan fingerprint density at radius 1 is 0.833 bits per heavy atom. The van der Waals surface area contributed by atoms with Crippen LogP contribution in [0.15, 0.2) is 89.9 Å². The standard InChI is InChI=1S/C24H15N3PS2/c1-2-6-16(7-3-1)27-19-10-4-8-17(23-25-12-14-29-23)21(19)28-22-18(9-5-11-20(22)27)24-26(28)13-15-30-24/h1-15H/q+1. The molecule has 1 unspecified atom stereocenters. The summed E-state index contributed by atoms with van der Waals surface area (Å²) in [6.45, 7) is 0. The van der Waals surface area contributed by atoms with Crippen LogP contribution in [0.4, 0.5) is 17.1 Å². The SMILES string of the molecule is c1ccc(N2c3cccc(-c4nccs4)c3-p3c4c2cccc4c2scc[n+]23)cc1. The average Bonchev–Trinajstić information content (AvgIpc) is 3.54. The molecule has 7 rings (SSSR count). The van der Waals surface area contributed by atoms with E-state index < -0.39 is 7.69 Å². The molecule has 1 atom stereocenters. The number of rotatable bonds is 2. The van der Waals surface area contributed by atoms with E-state index in [2.05, 4.69) is 97.7 Å². The highest BCUT2D eigenvalue weighted by Gasteiger charge is 2.37. The van der Waals surface area contributed by atoms with E-state index in [0.29, 0.717) is 0 Å². The van der Waals surface area contributed by atoms with Gasteiger partial charge in [0.15, 0.2) is 13.9 Å². The first kappa shape index (κ1) is 16.8. The molecule has 0 fully saturated rings. The van der Waals surface area contributed by atoms with E-state index >= 15 is 0 Å². The molecular formula is C24H15N3PS2+. The highest BCUT2D eigenvalue weighted by atomic mass is 32.1.